The Bertz CT molecular complexity index is 673. The van der Waals surface area contributed by atoms with E-state index in [4.69, 9.17) is 5.11 Å². The Morgan fingerprint density at radius 3 is 2.27 bits per heavy atom. The van der Waals surface area contributed by atoms with E-state index >= 15 is 0 Å². The number of amides is 1. The highest BCUT2D eigenvalue weighted by molar-refractivity contribution is 6.06. The van der Waals surface area contributed by atoms with Crippen molar-refractivity contribution in [2.45, 2.75) is 6.92 Å². The van der Waals surface area contributed by atoms with Gasteiger partial charge in [-0.2, -0.15) is 0 Å². The molecule has 0 radical (unpaired) electrons. The van der Waals surface area contributed by atoms with Gasteiger partial charge in [0.15, 0.2) is 0 Å². The SMILES string of the molecule is CC(CN(C(=O)c1ccccc1F)c1ccccc1)C(=O)O. The van der Waals surface area contributed by atoms with Gasteiger partial charge < -0.3 is 10.0 Å². The van der Waals surface area contributed by atoms with Crippen LogP contribution in [0.15, 0.2) is 54.6 Å². The molecular weight excluding hydrogens is 285 g/mol. The van der Waals surface area contributed by atoms with Crippen molar-refractivity contribution in [3.8, 4) is 0 Å². The molecule has 0 saturated heterocycles. The Labute approximate surface area is 127 Å². The van der Waals surface area contributed by atoms with Gasteiger partial charge in [0, 0.05) is 12.2 Å². The number of hydrogen-bond acceptors (Lipinski definition) is 2. The first-order chi connectivity index (χ1) is 10.5. The summed E-state index contributed by atoms with van der Waals surface area (Å²) in [6.07, 6.45) is 0. The van der Waals surface area contributed by atoms with Gasteiger partial charge in [0.25, 0.3) is 5.91 Å². The van der Waals surface area contributed by atoms with E-state index in [2.05, 4.69) is 0 Å². The first-order valence-electron chi connectivity index (χ1n) is 6.85. The van der Waals surface area contributed by atoms with Crippen LogP contribution in [0.25, 0.3) is 0 Å². The van der Waals surface area contributed by atoms with Crippen LogP contribution in [0, 0.1) is 11.7 Å². The van der Waals surface area contributed by atoms with Gasteiger partial charge >= 0.3 is 5.97 Å². The van der Waals surface area contributed by atoms with E-state index in [-0.39, 0.29) is 12.1 Å². The molecule has 0 aliphatic rings. The third-order valence-corrected chi connectivity index (χ3v) is 3.30. The molecule has 5 heteroatoms. The molecule has 0 aromatic heterocycles. The highest BCUT2D eigenvalue weighted by Crippen LogP contribution is 2.20. The summed E-state index contributed by atoms with van der Waals surface area (Å²) in [7, 11) is 0. The first-order valence-corrected chi connectivity index (χ1v) is 6.85. The molecule has 114 valence electrons. The number of carbonyl (C=O) groups is 2. The maximum atomic E-state index is 13.8. The lowest BCUT2D eigenvalue weighted by atomic mass is 10.1. The highest BCUT2D eigenvalue weighted by atomic mass is 19.1. The smallest absolute Gasteiger partial charge is 0.308 e. The van der Waals surface area contributed by atoms with Crippen molar-refractivity contribution in [2.24, 2.45) is 5.92 Å². The minimum absolute atomic E-state index is 0.0352. The van der Waals surface area contributed by atoms with E-state index in [9.17, 15) is 14.0 Å². The van der Waals surface area contributed by atoms with Crippen molar-refractivity contribution < 1.29 is 19.1 Å². The maximum Gasteiger partial charge on any atom is 0.308 e. The monoisotopic (exact) mass is 301 g/mol. The summed E-state index contributed by atoms with van der Waals surface area (Å²) >= 11 is 0. The molecule has 22 heavy (non-hydrogen) atoms. The van der Waals surface area contributed by atoms with Gasteiger partial charge in [0.1, 0.15) is 5.82 Å². The number of carboxylic acids is 1. The van der Waals surface area contributed by atoms with Gasteiger partial charge in [-0.25, -0.2) is 4.39 Å². The van der Waals surface area contributed by atoms with E-state index in [1.807, 2.05) is 0 Å². The molecule has 0 aliphatic heterocycles. The normalized spacial score (nSPS) is 11.7. The lowest BCUT2D eigenvalue weighted by Crippen LogP contribution is -2.37. The van der Waals surface area contributed by atoms with Crippen molar-refractivity contribution in [1.29, 1.82) is 0 Å². The molecule has 1 N–H and O–H groups in total. The van der Waals surface area contributed by atoms with E-state index in [0.717, 1.165) is 0 Å². The highest BCUT2D eigenvalue weighted by Gasteiger charge is 2.24. The van der Waals surface area contributed by atoms with Crippen molar-refractivity contribution in [2.75, 3.05) is 11.4 Å². The number of anilines is 1. The summed E-state index contributed by atoms with van der Waals surface area (Å²) in [5.41, 5.74) is 0.452. The third kappa shape index (κ3) is 3.49. The van der Waals surface area contributed by atoms with Crippen LogP contribution in [0.5, 0.6) is 0 Å². The van der Waals surface area contributed by atoms with Crippen LogP contribution >= 0.6 is 0 Å². The van der Waals surface area contributed by atoms with Gasteiger partial charge in [0.05, 0.1) is 11.5 Å². The average Bonchev–Trinajstić information content (AvgIpc) is 2.53. The molecule has 2 rings (SSSR count). The fourth-order valence-electron chi connectivity index (χ4n) is 2.05. The lowest BCUT2D eigenvalue weighted by Gasteiger charge is -2.25. The number of nitrogens with zero attached hydrogens (tertiary/aromatic N) is 1. The number of hydrogen-bond donors (Lipinski definition) is 1. The molecule has 4 nitrogen and oxygen atoms in total. The standard InChI is InChI=1S/C17H16FNO3/c1-12(17(21)22)11-19(13-7-3-2-4-8-13)16(20)14-9-5-6-10-15(14)18/h2-10,12H,11H2,1H3,(H,21,22). The second-order valence-corrected chi connectivity index (χ2v) is 4.97. The molecular formula is C17H16FNO3. The predicted molar refractivity (Wildman–Crippen MR) is 81.3 cm³/mol. The quantitative estimate of drug-likeness (QED) is 0.922. The molecule has 0 fully saturated rings. The Hall–Kier alpha value is -2.69. The summed E-state index contributed by atoms with van der Waals surface area (Å²) in [5.74, 6) is -2.97. The topological polar surface area (TPSA) is 57.6 Å². The van der Waals surface area contributed by atoms with Crippen molar-refractivity contribution in [3.63, 3.8) is 0 Å². The van der Waals surface area contributed by atoms with Gasteiger partial charge in [-0.05, 0) is 24.3 Å². The molecule has 0 bridgehead atoms. The van der Waals surface area contributed by atoms with Crippen LogP contribution in [0.3, 0.4) is 0 Å². The zero-order chi connectivity index (χ0) is 16.1. The Morgan fingerprint density at radius 1 is 1.09 bits per heavy atom. The molecule has 0 aliphatic carbocycles. The van der Waals surface area contributed by atoms with E-state index in [1.165, 1.54) is 30.0 Å². The fourth-order valence-corrected chi connectivity index (χ4v) is 2.05. The number of benzene rings is 2. The van der Waals surface area contributed by atoms with Crippen LogP contribution in [-0.4, -0.2) is 23.5 Å². The van der Waals surface area contributed by atoms with E-state index < -0.39 is 23.6 Å². The zero-order valence-corrected chi connectivity index (χ0v) is 12.1. The van der Waals surface area contributed by atoms with Crippen LogP contribution in [0.4, 0.5) is 10.1 Å². The fraction of sp³-hybridized carbons (Fsp3) is 0.176. The maximum absolute atomic E-state index is 13.8. The van der Waals surface area contributed by atoms with Crippen LogP contribution in [0.1, 0.15) is 17.3 Å². The predicted octanol–water partition coefficient (Wildman–Crippen LogP) is 3.19. The largest absolute Gasteiger partial charge is 0.481 e. The van der Waals surface area contributed by atoms with Gasteiger partial charge in [-0.15, -0.1) is 0 Å². The first kappa shape index (κ1) is 15.7. The number of halogens is 1. The molecule has 1 unspecified atom stereocenters. The number of aliphatic carboxylic acids is 1. The molecule has 2 aromatic carbocycles. The summed E-state index contributed by atoms with van der Waals surface area (Å²) in [6, 6.07) is 14.3. The van der Waals surface area contributed by atoms with Crippen LogP contribution in [-0.2, 0) is 4.79 Å². The second kappa shape index (κ2) is 6.85. The van der Waals surface area contributed by atoms with Gasteiger partial charge in [0.2, 0.25) is 0 Å². The van der Waals surface area contributed by atoms with Crippen LogP contribution in [0.2, 0.25) is 0 Å². The Kier molecular flexibility index (Phi) is 4.88. The number of rotatable bonds is 5. The molecule has 2 aromatic rings. The minimum Gasteiger partial charge on any atom is -0.481 e. The number of carboxylic acid groups (broad SMARTS) is 1. The minimum atomic E-state index is -1.01. The zero-order valence-electron chi connectivity index (χ0n) is 12.1. The molecule has 0 heterocycles. The van der Waals surface area contributed by atoms with Crippen molar-refractivity contribution in [3.05, 3.63) is 66.0 Å². The van der Waals surface area contributed by atoms with Gasteiger partial charge in [-0.1, -0.05) is 37.3 Å². The van der Waals surface area contributed by atoms with E-state index in [1.54, 1.807) is 36.4 Å². The Balaban J connectivity index is 2.38. The van der Waals surface area contributed by atoms with Crippen LogP contribution < -0.4 is 4.90 Å². The second-order valence-electron chi connectivity index (χ2n) is 4.97. The average molecular weight is 301 g/mol. The summed E-state index contributed by atoms with van der Waals surface area (Å²) < 4.78 is 13.8. The Morgan fingerprint density at radius 2 is 1.68 bits per heavy atom. The van der Waals surface area contributed by atoms with E-state index in [0.29, 0.717) is 5.69 Å². The number of carbonyl (C=O) groups excluding carboxylic acids is 1. The van der Waals surface area contributed by atoms with Gasteiger partial charge in [-0.3, -0.25) is 9.59 Å². The molecule has 1 atom stereocenters. The molecule has 1 amide bonds. The van der Waals surface area contributed by atoms with Crippen molar-refractivity contribution >= 4 is 17.6 Å². The third-order valence-electron chi connectivity index (χ3n) is 3.30. The summed E-state index contributed by atoms with van der Waals surface area (Å²) in [5, 5.41) is 9.07. The molecule has 0 saturated carbocycles. The number of para-hydroxylation sites is 1. The lowest BCUT2D eigenvalue weighted by molar-refractivity contribution is -0.140. The molecule has 0 spiro atoms. The summed E-state index contributed by atoms with van der Waals surface area (Å²) in [6.45, 7) is 1.47. The van der Waals surface area contributed by atoms with Crippen molar-refractivity contribution in [1.82, 2.24) is 0 Å². The summed E-state index contributed by atoms with van der Waals surface area (Å²) in [4.78, 5) is 25.0.